The number of benzene rings is 2. The fourth-order valence-corrected chi connectivity index (χ4v) is 3.18. The fraction of sp³-hybridized carbons (Fsp3) is 0.250. The van der Waals surface area contributed by atoms with Crippen LogP contribution in [0.1, 0.15) is 17.0 Å². The van der Waals surface area contributed by atoms with Gasteiger partial charge in [-0.3, -0.25) is 0 Å². The number of rotatable bonds is 8. The molecule has 7 nitrogen and oxygen atoms in total. The Hall–Kier alpha value is -3.00. The van der Waals surface area contributed by atoms with E-state index in [0.717, 1.165) is 22.1 Å². The van der Waals surface area contributed by atoms with Gasteiger partial charge < -0.3 is 14.2 Å². The maximum Gasteiger partial charge on any atom is 0.211 e. The van der Waals surface area contributed by atoms with Gasteiger partial charge in [0.2, 0.25) is 10.9 Å². The molecule has 0 fully saturated rings. The highest BCUT2D eigenvalue weighted by molar-refractivity contribution is 7.98. The Labute approximate surface area is 168 Å². The van der Waals surface area contributed by atoms with Gasteiger partial charge in [-0.15, -0.1) is 10.2 Å². The summed E-state index contributed by atoms with van der Waals surface area (Å²) in [6.45, 7) is 0. The third kappa shape index (κ3) is 4.28. The summed E-state index contributed by atoms with van der Waals surface area (Å²) in [6.07, 6.45) is 4.31. The molecule has 8 heteroatoms. The molecule has 3 rings (SSSR count). The molecule has 2 aromatic carbocycles. The van der Waals surface area contributed by atoms with Crippen LogP contribution in [0.4, 0.5) is 0 Å². The summed E-state index contributed by atoms with van der Waals surface area (Å²) >= 11 is 1.49. The Morgan fingerprint density at radius 2 is 1.68 bits per heavy atom. The van der Waals surface area contributed by atoms with Crippen molar-refractivity contribution in [2.75, 3.05) is 27.6 Å². The van der Waals surface area contributed by atoms with E-state index in [0.29, 0.717) is 23.7 Å². The summed E-state index contributed by atoms with van der Waals surface area (Å²) in [7, 11) is 4.75. The number of hydrogen-bond acceptors (Lipinski definition) is 7. The van der Waals surface area contributed by atoms with Crippen LogP contribution in [0.2, 0.25) is 0 Å². The van der Waals surface area contributed by atoms with E-state index in [1.54, 1.807) is 32.2 Å². The molecule has 0 bridgehead atoms. The van der Waals surface area contributed by atoms with Gasteiger partial charge in [0.05, 0.1) is 27.5 Å². The van der Waals surface area contributed by atoms with Gasteiger partial charge in [0.25, 0.3) is 0 Å². The van der Waals surface area contributed by atoms with Gasteiger partial charge in [-0.1, -0.05) is 42.1 Å². The molecule has 0 radical (unpaired) electrons. The van der Waals surface area contributed by atoms with E-state index in [-0.39, 0.29) is 0 Å². The van der Waals surface area contributed by atoms with Gasteiger partial charge >= 0.3 is 0 Å². The third-order valence-electron chi connectivity index (χ3n) is 4.07. The molecular formula is C20H22N4O3S. The normalized spacial score (nSPS) is 11.0. The molecule has 0 aliphatic carbocycles. The minimum absolute atomic E-state index is 0.543. The molecule has 0 atom stereocenters. The van der Waals surface area contributed by atoms with Crippen LogP contribution in [0.3, 0.4) is 0 Å². The van der Waals surface area contributed by atoms with Crippen LogP contribution < -0.4 is 14.2 Å². The fourth-order valence-electron chi connectivity index (χ4n) is 2.73. The highest BCUT2D eigenvalue weighted by atomic mass is 32.2. The largest absolute Gasteiger partial charge is 0.493 e. The highest BCUT2D eigenvalue weighted by Gasteiger charge is 2.14. The molecule has 0 saturated heterocycles. The number of nitrogens with zero attached hydrogens (tertiary/aromatic N) is 4. The van der Waals surface area contributed by atoms with Crippen molar-refractivity contribution in [2.45, 2.75) is 11.6 Å². The highest BCUT2D eigenvalue weighted by Crippen LogP contribution is 2.37. The van der Waals surface area contributed by atoms with Crippen LogP contribution in [0.5, 0.6) is 17.2 Å². The molecule has 146 valence electrons. The lowest BCUT2D eigenvalue weighted by atomic mass is 10.1. The molecule has 0 saturated carbocycles. The Morgan fingerprint density at radius 1 is 1.00 bits per heavy atom. The molecule has 0 aliphatic rings. The average Bonchev–Trinajstić information content (AvgIpc) is 3.13. The van der Waals surface area contributed by atoms with E-state index in [1.165, 1.54) is 11.8 Å². The summed E-state index contributed by atoms with van der Waals surface area (Å²) in [5.74, 6) is 2.45. The number of thioether (sulfide) groups is 1. The second-order valence-corrected chi connectivity index (χ2v) is 6.55. The van der Waals surface area contributed by atoms with Gasteiger partial charge in [-0.25, -0.2) is 0 Å². The maximum atomic E-state index is 5.40. The van der Waals surface area contributed by atoms with Crippen LogP contribution in [-0.4, -0.2) is 48.7 Å². The number of hydrogen-bond donors (Lipinski definition) is 0. The molecule has 0 N–H and O–H groups in total. The van der Waals surface area contributed by atoms with Gasteiger partial charge in [0.15, 0.2) is 17.3 Å². The number of methoxy groups -OCH3 is 3. The molecule has 1 aromatic heterocycles. The Morgan fingerprint density at radius 3 is 2.25 bits per heavy atom. The van der Waals surface area contributed by atoms with Crippen LogP contribution in [0.15, 0.2) is 52.7 Å². The first-order chi connectivity index (χ1) is 13.7. The van der Waals surface area contributed by atoms with Gasteiger partial charge in [-0.05, 0) is 24.0 Å². The first-order valence-electron chi connectivity index (χ1n) is 8.56. The average molecular weight is 398 g/mol. The first-order valence-corrected chi connectivity index (χ1v) is 9.79. The molecule has 0 unspecified atom stereocenters. The smallest absolute Gasteiger partial charge is 0.211 e. The second-order valence-electron chi connectivity index (χ2n) is 5.78. The Kier molecular flexibility index (Phi) is 6.54. The number of aromatic nitrogens is 3. The Bertz CT molecular complexity index is 932. The molecule has 0 amide bonds. The number of ether oxygens (including phenoxy) is 3. The summed E-state index contributed by atoms with van der Waals surface area (Å²) in [5.41, 5.74) is 1.95. The van der Waals surface area contributed by atoms with Crippen LogP contribution in [0, 0.1) is 0 Å². The lowest BCUT2D eigenvalue weighted by Gasteiger charge is -2.12. The predicted octanol–water partition coefficient (Wildman–Crippen LogP) is 3.50. The molecule has 0 spiro atoms. The zero-order valence-corrected chi connectivity index (χ0v) is 17.1. The minimum atomic E-state index is 0.543. The molecule has 28 heavy (non-hydrogen) atoms. The topological polar surface area (TPSA) is 70.8 Å². The van der Waals surface area contributed by atoms with Crippen LogP contribution in [0.25, 0.3) is 0 Å². The summed E-state index contributed by atoms with van der Waals surface area (Å²) in [6, 6.07) is 13.8. The standard InChI is InChI=1S/C20H22N4O3S/c1-25-16-10-15(11-17(26-2)19(16)27-3)13-21-24-18(22-23-20(24)28-4)12-14-8-6-5-7-9-14/h5-11,13H,12H2,1-4H3/b21-13-. The summed E-state index contributed by atoms with van der Waals surface area (Å²) in [5, 5.41) is 13.8. The lowest BCUT2D eigenvalue weighted by molar-refractivity contribution is 0.324. The van der Waals surface area contributed by atoms with Crippen molar-refractivity contribution in [1.29, 1.82) is 0 Å². The van der Waals surface area contributed by atoms with Gasteiger partial charge in [0, 0.05) is 12.0 Å². The monoisotopic (exact) mass is 398 g/mol. The first kappa shape index (κ1) is 19.8. The van der Waals surface area contributed by atoms with E-state index in [9.17, 15) is 0 Å². The van der Waals surface area contributed by atoms with Gasteiger partial charge in [-0.2, -0.15) is 9.78 Å². The minimum Gasteiger partial charge on any atom is -0.493 e. The quantitative estimate of drug-likeness (QED) is 0.427. The SMILES string of the molecule is COc1cc(/C=N\n2c(Cc3ccccc3)nnc2SC)cc(OC)c1OC. The zero-order chi connectivity index (χ0) is 19.9. The lowest BCUT2D eigenvalue weighted by Crippen LogP contribution is -2.02. The van der Waals surface area contributed by atoms with Gasteiger partial charge in [0.1, 0.15) is 0 Å². The van der Waals surface area contributed by atoms with Crippen molar-refractivity contribution in [3.63, 3.8) is 0 Å². The second kappa shape index (κ2) is 9.27. The molecular weight excluding hydrogens is 376 g/mol. The van der Waals surface area contributed by atoms with E-state index in [4.69, 9.17) is 14.2 Å². The summed E-state index contributed by atoms with van der Waals surface area (Å²) in [4.78, 5) is 0. The van der Waals surface area contributed by atoms with E-state index < -0.39 is 0 Å². The van der Waals surface area contributed by atoms with E-state index in [1.807, 2.05) is 36.6 Å². The van der Waals surface area contributed by atoms with E-state index in [2.05, 4.69) is 27.4 Å². The van der Waals surface area contributed by atoms with Crippen molar-refractivity contribution >= 4 is 18.0 Å². The predicted molar refractivity (Wildman–Crippen MR) is 110 cm³/mol. The molecule has 0 aliphatic heterocycles. The van der Waals surface area contributed by atoms with E-state index >= 15 is 0 Å². The van der Waals surface area contributed by atoms with Crippen molar-refractivity contribution in [1.82, 2.24) is 14.9 Å². The third-order valence-corrected chi connectivity index (χ3v) is 4.69. The van der Waals surface area contributed by atoms with Crippen molar-refractivity contribution < 1.29 is 14.2 Å². The summed E-state index contributed by atoms with van der Waals surface area (Å²) < 4.78 is 17.9. The molecule has 3 aromatic rings. The van der Waals surface area contributed by atoms with Crippen LogP contribution >= 0.6 is 11.8 Å². The van der Waals surface area contributed by atoms with Crippen molar-refractivity contribution in [3.8, 4) is 17.2 Å². The molecule has 1 heterocycles. The van der Waals surface area contributed by atoms with Crippen molar-refractivity contribution in [2.24, 2.45) is 5.10 Å². The Balaban J connectivity index is 1.95. The zero-order valence-electron chi connectivity index (χ0n) is 16.2. The maximum absolute atomic E-state index is 5.40. The van der Waals surface area contributed by atoms with Crippen molar-refractivity contribution in [3.05, 3.63) is 59.4 Å². The van der Waals surface area contributed by atoms with Crippen LogP contribution in [-0.2, 0) is 6.42 Å².